The van der Waals surface area contributed by atoms with E-state index in [1.807, 2.05) is 72.8 Å². The lowest BCUT2D eigenvalue weighted by Crippen LogP contribution is -2.12. The predicted octanol–water partition coefficient (Wildman–Crippen LogP) is 6.93. The van der Waals surface area contributed by atoms with Crippen molar-refractivity contribution in [1.82, 2.24) is 4.57 Å². The Morgan fingerprint density at radius 2 is 1.62 bits per heavy atom. The fourth-order valence-electron chi connectivity index (χ4n) is 5.15. The number of amides is 1. The van der Waals surface area contributed by atoms with Gasteiger partial charge in [-0.15, -0.1) is 0 Å². The number of primary amides is 1. The van der Waals surface area contributed by atoms with Crippen LogP contribution in [-0.4, -0.2) is 28.2 Å². The van der Waals surface area contributed by atoms with E-state index < -0.39 is 18.5 Å². The van der Waals surface area contributed by atoms with Crippen LogP contribution in [0.3, 0.4) is 0 Å². The molecule has 0 saturated carbocycles. The lowest BCUT2D eigenvalue weighted by Gasteiger charge is -2.14. The van der Waals surface area contributed by atoms with Gasteiger partial charge in [0.1, 0.15) is 17.2 Å². The van der Waals surface area contributed by atoms with Gasteiger partial charge in [-0.2, -0.15) is 0 Å². The number of ether oxygens (including phenoxy) is 2. The van der Waals surface area contributed by atoms with E-state index in [1.165, 1.54) is 0 Å². The Hall–Kier alpha value is -4.78. The molecule has 5 aromatic rings. The molecule has 7 heteroatoms. The number of nitrogens with two attached hydrogens (primary N) is 1. The zero-order valence-electron chi connectivity index (χ0n) is 22.4. The molecular weight excluding hydrogens is 504 g/mol. The van der Waals surface area contributed by atoms with Gasteiger partial charge in [-0.25, -0.2) is 4.79 Å². The third-order valence-electron chi connectivity index (χ3n) is 6.97. The number of benzene rings is 4. The first-order chi connectivity index (χ1) is 19.5. The maximum Gasteiger partial charge on any atom is 0.341 e. The van der Waals surface area contributed by atoms with Crippen molar-refractivity contribution in [2.24, 2.45) is 5.73 Å². The minimum Gasteiger partial charge on any atom is -0.481 e. The highest BCUT2D eigenvalue weighted by molar-refractivity contribution is 6.20. The first kappa shape index (κ1) is 26.8. The normalized spacial score (nSPS) is 11.1. The van der Waals surface area contributed by atoms with Crippen molar-refractivity contribution < 1.29 is 24.2 Å². The molecule has 5 rings (SSSR count). The van der Waals surface area contributed by atoms with E-state index >= 15 is 0 Å². The summed E-state index contributed by atoms with van der Waals surface area (Å²) >= 11 is 0. The molecule has 1 heterocycles. The molecule has 0 saturated heterocycles. The largest absolute Gasteiger partial charge is 0.481 e. The van der Waals surface area contributed by atoms with Gasteiger partial charge >= 0.3 is 5.97 Å². The third-order valence-corrected chi connectivity index (χ3v) is 6.97. The number of aliphatic carboxylic acids is 1. The van der Waals surface area contributed by atoms with Crippen molar-refractivity contribution in [2.45, 2.75) is 39.2 Å². The number of rotatable bonds is 12. The molecule has 0 aliphatic rings. The number of aromatic nitrogens is 1. The number of carbonyl (C=O) groups is 2. The van der Waals surface area contributed by atoms with Crippen LogP contribution < -0.4 is 15.2 Å². The van der Waals surface area contributed by atoms with Gasteiger partial charge in [-0.1, -0.05) is 62.2 Å². The van der Waals surface area contributed by atoms with Crippen LogP contribution in [0.25, 0.3) is 21.8 Å². The quantitative estimate of drug-likeness (QED) is 0.168. The highest BCUT2D eigenvalue weighted by Gasteiger charge is 2.22. The summed E-state index contributed by atoms with van der Waals surface area (Å²) in [5, 5.41) is 10.7. The number of fused-ring (bicyclic) bond motifs is 3. The second kappa shape index (κ2) is 11.9. The number of para-hydroxylation sites is 2. The molecule has 0 fully saturated rings. The molecule has 0 unspecified atom stereocenters. The standard InChI is InChI=1S/C33H32N2O5/c1-2-3-5-11-22-18-27-32(29(19-22)39-21-30(36)37)31-25(33(34)38)15-10-16-26(31)35(27)20-23-12-8-9-17-28(23)40-24-13-6-4-7-14-24/h4,6-10,12-19H,2-3,5,11,20-21H2,1H3,(H2,34,38)(H,36,37). The Bertz CT molecular complexity index is 1670. The summed E-state index contributed by atoms with van der Waals surface area (Å²) in [4.78, 5) is 24.0. The van der Waals surface area contributed by atoms with Crippen LogP contribution in [0.1, 0.15) is 47.7 Å². The number of hydrogen-bond acceptors (Lipinski definition) is 4. The number of hydrogen-bond donors (Lipinski definition) is 2. The minimum atomic E-state index is -1.07. The van der Waals surface area contributed by atoms with Crippen molar-refractivity contribution in [1.29, 1.82) is 0 Å². The maximum absolute atomic E-state index is 12.6. The smallest absolute Gasteiger partial charge is 0.341 e. The van der Waals surface area contributed by atoms with Gasteiger partial charge < -0.3 is 24.9 Å². The molecule has 1 aromatic heterocycles. The van der Waals surface area contributed by atoms with Crippen LogP contribution in [0.15, 0.2) is 84.9 Å². The van der Waals surface area contributed by atoms with E-state index in [-0.39, 0.29) is 0 Å². The summed E-state index contributed by atoms with van der Waals surface area (Å²) in [6, 6.07) is 26.9. The first-order valence-corrected chi connectivity index (χ1v) is 13.5. The number of aryl methyl sites for hydroxylation is 1. The van der Waals surface area contributed by atoms with Crippen LogP contribution >= 0.6 is 0 Å². The van der Waals surface area contributed by atoms with Gasteiger partial charge in [-0.3, -0.25) is 4.79 Å². The Kier molecular flexibility index (Phi) is 8.01. The van der Waals surface area contributed by atoms with E-state index in [0.717, 1.165) is 59.3 Å². The van der Waals surface area contributed by atoms with E-state index in [9.17, 15) is 14.7 Å². The number of unbranched alkanes of at least 4 members (excludes halogenated alkanes) is 2. The fraction of sp³-hybridized carbons (Fsp3) is 0.212. The van der Waals surface area contributed by atoms with Crippen LogP contribution in [0.2, 0.25) is 0 Å². The molecule has 204 valence electrons. The molecule has 0 aliphatic heterocycles. The summed E-state index contributed by atoms with van der Waals surface area (Å²) in [5.74, 6) is 0.244. The zero-order valence-corrected chi connectivity index (χ0v) is 22.4. The second-order valence-electron chi connectivity index (χ2n) is 9.80. The Morgan fingerprint density at radius 1 is 0.850 bits per heavy atom. The van der Waals surface area contributed by atoms with Crippen molar-refractivity contribution >= 4 is 33.7 Å². The molecule has 0 radical (unpaired) electrons. The molecule has 7 nitrogen and oxygen atoms in total. The van der Waals surface area contributed by atoms with Crippen molar-refractivity contribution in [3.05, 3.63) is 102 Å². The summed E-state index contributed by atoms with van der Waals surface area (Å²) in [6.45, 7) is 2.11. The zero-order chi connectivity index (χ0) is 28.1. The molecular formula is C33H32N2O5. The predicted molar refractivity (Wildman–Crippen MR) is 156 cm³/mol. The lowest BCUT2D eigenvalue weighted by molar-refractivity contribution is -0.139. The Balaban J connectivity index is 1.72. The summed E-state index contributed by atoms with van der Waals surface area (Å²) in [5.41, 5.74) is 9.80. The molecule has 0 bridgehead atoms. The highest BCUT2D eigenvalue weighted by Crippen LogP contribution is 2.40. The average molecular weight is 537 g/mol. The van der Waals surface area contributed by atoms with Crippen LogP contribution in [-0.2, 0) is 17.8 Å². The number of nitrogens with zero attached hydrogens (tertiary/aromatic N) is 1. The molecule has 3 N–H and O–H groups in total. The minimum absolute atomic E-state index is 0.356. The van der Waals surface area contributed by atoms with Crippen LogP contribution in [0.4, 0.5) is 0 Å². The van der Waals surface area contributed by atoms with E-state index in [2.05, 4.69) is 17.6 Å². The summed E-state index contributed by atoms with van der Waals surface area (Å²) in [6.07, 6.45) is 4.00. The topological polar surface area (TPSA) is 104 Å². The first-order valence-electron chi connectivity index (χ1n) is 13.5. The highest BCUT2D eigenvalue weighted by atomic mass is 16.5. The van der Waals surface area contributed by atoms with Gasteiger partial charge in [0.15, 0.2) is 6.61 Å². The third kappa shape index (κ3) is 5.64. The molecule has 0 spiro atoms. The van der Waals surface area contributed by atoms with Crippen molar-refractivity contribution in [3.8, 4) is 17.2 Å². The molecule has 0 atom stereocenters. The van der Waals surface area contributed by atoms with E-state index in [1.54, 1.807) is 6.07 Å². The monoisotopic (exact) mass is 536 g/mol. The lowest BCUT2D eigenvalue weighted by atomic mass is 10.0. The number of carboxylic acid groups (broad SMARTS) is 1. The number of carbonyl (C=O) groups excluding carboxylic acids is 1. The van der Waals surface area contributed by atoms with Crippen LogP contribution in [0, 0.1) is 0 Å². The van der Waals surface area contributed by atoms with E-state index in [4.69, 9.17) is 15.2 Å². The van der Waals surface area contributed by atoms with Gasteiger partial charge in [0.2, 0.25) is 5.91 Å². The van der Waals surface area contributed by atoms with Gasteiger partial charge in [0, 0.05) is 16.5 Å². The molecule has 4 aromatic carbocycles. The van der Waals surface area contributed by atoms with Gasteiger partial charge in [0.05, 0.1) is 23.0 Å². The van der Waals surface area contributed by atoms with Crippen molar-refractivity contribution in [2.75, 3.05) is 6.61 Å². The summed E-state index contributed by atoms with van der Waals surface area (Å²) in [7, 11) is 0. The average Bonchev–Trinajstić information content (AvgIpc) is 3.27. The van der Waals surface area contributed by atoms with Gasteiger partial charge in [0.25, 0.3) is 0 Å². The molecule has 40 heavy (non-hydrogen) atoms. The number of carboxylic acids is 1. The van der Waals surface area contributed by atoms with Crippen LogP contribution in [0.5, 0.6) is 17.2 Å². The van der Waals surface area contributed by atoms with Gasteiger partial charge in [-0.05, 0) is 60.9 Å². The SMILES string of the molecule is CCCCCc1cc(OCC(=O)O)c2c3c(C(N)=O)cccc3n(Cc3ccccc3Oc3ccccc3)c2c1. The maximum atomic E-state index is 12.6. The fourth-order valence-corrected chi connectivity index (χ4v) is 5.15. The second-order valence-corrected chi connectivity index (χ2v) is 9.80. The summed E-state index contributed by atoms with van der Waals surface area (Å²) < 4.78 is 14.2. The molecule has 1 amide bonds. The van der Waals surface area contributed by atoms with Crippen molar-refractivity contribution in [3.63, 3.8) is 0 Å². The Morgan fingerprint density at radius 3 is 2.38 bits per heavy atom. The van der Waals surface area contributed by atoms with E-state index in [0.29, 0.717) is 28.6 Å². The Labute approximate surface area is 232 Å². The molecule has 0 aliphatic carbocycles.